The van der Waals surface area contributed by atoms with Crippen LogP contribution in [0.25, 0.3) is 11.1 Å². The zero-order valence-electron chi connectivity index (χ0n) is 8.67. The Labute approximate surface area is 98.1 Å². The molecule has 2 rings (SSSR count). The monoisotopic (exact) mass is 236 g/mol. The van der Waals surface area contributed by atoms with Gasteiger partial charge < -0.3 is 5.11 Å². The van der Waals surface area contributed by atoms with E-state index in [1.54, 1.807) is 6.07 Å². The van der Waals surface area contributed by atoms with Crippen molar-refractivity contribution in [2.75, 3.05) is 0 Å². The molecule has 0 atom stereocenters. The summed E-state index contributed by atoms with van der Waals surface area (Å²) >= 11 is 5.99. The molecular formula is C13H10ClFO. The molecule has 0 spiro atoms. The molecule has 16 heavy (non-hydrogen) atoms. The highest BCUT2D eigenvalue weighted by atomic mass is 35.5. The third kappa shape index (κ3) is 2.02. The summed E-state index contributed by atoms with van der Waals surface area (Å²) in [6, 6.07) is 9.38. The number of hydrogen-bond donors (Lipinski definition) is 1. The lowest BCUT2D eigenvalue weighted by molar-refractivity contribution is 0.471. The topological polar surface area (TPSA) is 20.2 Å². The first-order valence-corrected chi connectivity index (χ1v) is 5.21. The van der Waals surface area contributed by atoms with Crippen LogP contribution in [0.3, 0.4) is 0 Å². The Morgan fingerprint density at radius 1 is 1.12 bits per heavy atom. The number of benzene rings is 2. The predicted octanol–water partition coefficient (Wildman–Crippen LogP) is 4.16. The molecule has 2 aromatic carbocycles. The van der Waals surface area contributed by atoms with Gasteiger partial charge in [-0.15, -0.1) is 0 Å². The molecule has 0 fully saturated rings. The Hall–Kier alpha value is -1.54. The smallest absolute Gasteiger partial charge is 0.126 e. The first kappa shape index (κ1) is 11.0. The van der Waals surface area contributed by atoms with Gasteiger partial charge in [0.15, 0.2) is 0 Å². The molecule has 0 amide bonds. The molecule has 3 heteroatoms. The second-order valence-corrected chi connectivity index (χ2v) is 4.03. The van der Waals surface area contributed by atoms with Crippen molar-refractivity contribution in [3.05, 3.63) is 52.8 Å². The highest BCUT2D eigenvalue weighted by molar-refractivity contribution is 6.31. The minimum atomic E-state index is -0.459. The van der Waals surface area contributed by atoms with Gasteiger partial charge in [-0.1, -0.05) is 23.7 Å². The number of rotatable bonds is 1. The number of aryl methyl sites for hydroxylation is 1. The van der Waals surface area contributed by atoms with Crippen molar-refractivity contribution in [1.82, 2.24) is 0 Å². The molecule has 0 radical (unpaired) electrons. The molecule has 1 N–H and O–H groups in total. The average molecular weight is 237 g/mol. The maximum absolute atomic E-state index is 12.8. The van der Waals surface area contributed by atoms with Crippen LogP contribution in [0, 0.1) is 12.7 Å². The lowest BCUT2D eigenvalue weighted by Crippen LogP contribution is -1.83. The van der Waals surface area contributed by atoms with E-state index in [0.29, 0.717) is 10.6 Å². The number of hydrogen-bond acceptors (Lipinski definition) is 1. The summed E-state index contributed by atoms with van der Waals surface area (Å²) in [7, 11) is 0. The van der Waals surface area contributed by atoms with E-state index >= 15 is 0 Å². The summed E-state index contributed by atoms with van der Waals surface area (Å²) in [4.78, 5) is 0. The van der Waals surface area contributed by atoms with Crippen molar-refractivity contribution in [2.24, 2.45) is 0 Å². The van der Waals surface area contributed by atoms with E-state index in [-0.39, 0.29) is 5.75 Å². The lowest BCUT2D eigenvalue weighted by atomic mass is 10.0. The van der Waals surface area contributed by atoms with E-state index in [1.807, 2.05) is 19.1 Å². The summed E-state index contributed by atoms with van der Waals surface area (Å²) in [5.41, 5.74) is 2.31. The van der Waals surface area contributed by atoms with Gasteiger partial charge in [-0.2, -0.15) is 0 Å². The van der Waals surface area contributed by atoms with Gasteiger partial charge >= 0.3 is 0 Å². The predicted molar refractivity (Wildman–Crippen MR) is 63.2 cm³/mol. The zero-order valence-corrected chi connectivity index (χ0v) is 9.42. The van der Waals surface area contributed by atoms with Gasteiger partial charge in [0, 0.05) is 16.7 Å². The zero-order chi connectivity index (χ0) is 11.7. The molecule has 0 aliphatic heterocycles. The van der Waals surface area contributed by atoms with Crippen LogP contribution in [0.5, 0.6) is 5.75 Å². The summed E-state index contributed by atoms with van der Waals surface area (Å²) in [6.07, 6.45) is 0. The second kappa shape index (κ2) is 4.14. The van der Waals surface area contributed by atoms with E-state index in [1.165, 1.54) is 12.1 Å². The fourth-order valence-electron chi connectivity index (χ4n) is 1.51. The maximum atomic E-state index is 12.8. The minimum Gasteiger partial charge on any atom is -0.507 e. The number of halogens is 2. The summed E-state index contributed by atoms with van der Waals surface area (Å²) < 4.78 is 12.8. The standard InChI is InChI=1S/C13H10ClFO/c1-8-2-3-9(6-12(8)14)11-5-4-10(15)7-13(11)16/h2-7,16H,1H3. The van der Waals surface area contributed by atoms with E-state index in [9.17, 15) is 9.50 Å². The Balaban J connectivity index is 2.54. The molecule has 82 valence electrons. The number of phenols is 1. The fourth-order valence-corrected chi connectivity index (χ4v) is 1.69. The third-order valence-corrected chi connectivity index (χ3v) is 2.85. The molecule has 0 aromatic heterocycles. The van der Waals surface area contributed by atoms with Crippen LogP contribution in [0.15, 0.2) is 36.4 Å². The van der Waals surface area contributed by atoms with Crippen LogP contribution in [-0.4, -0.2) is 5.11 Å². The van der Waals surface area contributed by atoms with Crippen LogP contribution in [0.4, 0.5) is 4.39 Å². The Bertz CT molecular complexity index is 537. The summed E-state index contributed by atoms with van der Waals surface area (Å²) in [6.45, 7) is 1.90. The Morgan fingerprint density at radius 2 is 1.88 bits per heavy atom. The van der Waals surface area contributed by atoms with Gasteiger partial charge in [0.2, 0.25) is 0 Å². The van der Waals surface area contributed by atoms with E-state index in [2.05, 4.69) is 0 Å². The molecule has 0 aliphatic rings. The van der Waals surface area contributed by atoms with Gasteiger partial charge in [0.05, 0.1) is 0 Å². The van der Waals surface area contributed by atoms with E-state index in [4.69, 9.17) is 11.6 Å². The molecule has 0 heterocycles. The van der Waals surface area contributed by atoms with Crippen LogP contribution < -0.4 is 0 Å². The lowest BCUT2D eigenvalue weighted by Gasteiger charge is -2.06. The quantitative estimate of drug-likeness (QED) is 0.788. The molecule has 0 unspecified atom stereocenters. The van der Waals surface area contributed by atoms with Crippen molar-refractivity contribution in [2.45, 2.75) is 6.92 Å². The van der Waals surface area contributed by atoms with Crippen molar-refractivity contribution in [3.8, 4) is 16.9 Å². The third-order valence-electron chi connectivity index (χ3n) is 2.44. The maximum Gasteiger partial charge on any atom is 0.126 e. The Kier molecular flexibility index (Phi) is 2.84. The molecule has 0 saturated carbocycles. The average Bonchev–Trinajstić information content (AvgIpc) is 2.22. The Morgan fingerprint density at radius 3 is 2.50 bits per heavy atom. The van der Waals surface area contributed by atoms with Gasteiger partial charge in [0.1, 0.15) is 11.6 Å². The molecular weight excluding hydrogens is 227 g/mol. The first-order chi connectivity index (χ1) is 7.58. The van der Waals surface area contributed by atoms with Crippen LogP contribution in [-0.2, 0) is 0 Å². The van der Waals surface area contributed by atoms with E-state index < -0.39 is 5.82 Å². The van der Waals surface area contributed by atoms with Gasteiger partial charge in [-0.3, -0.25) is 0 Å². The summed E-state index contributed by atoms with van der Waals surface area (Å²) in [5, 5.41) is 10.2. The van der Waals surface area contributed by atoms with Crippen molar-refractivity contribution < 1.29 is 9.50 Å². The van der Waals surface area contributed by atoms with Crippen LogP contribution in [0.1, 0.15) is 5.56 Å². The number of aromatic hydroxyl groups is 1. The van der Waals surface area contributed by atoms with Gasteiger partial charge in [-0.05, 0) is 36.2 Å². The second-order valence-electron chi connectivity index (χ2n) is 3.63. The summed E-state index contributed by atoms with van der Waals surface area (Å²) in [5.74, 6) is -0.542. The molecule has 0 bridgehead atoms. The van der Waals surface area contributed by atoms with Crippen molar-refractivity contribution >= 4 is 11.6 Å². The normalized spacial score (nSPS) is 10.4. The highest BCUT2D eigenvalue weighted by Gasteiger charge is 2.06. The van der Waals surface area contributed by atoms with Crippen LogP contribution >= 0.6 is 11.6 Å². The van der Waals surface area contributed by atoms with Crippen molar-refractivity contribution in [1.29, 1.82) is 0 Å². The molecule has 2 aromatic rings. The first-order valence-electron chi connectivity index (χ1n) is 4.83. The number of phenolic OH excluding ortho intramolecular Hbond substituents is 1. The fraction of sp³-hybridized carbons (Fsp3) is 0.0769. The van der Waals surface area contributed by atoms with E-state index in [0.717, 1.165) is 17.2 Å². The highest BCUT2D eigenvalue weighted by Crippen LogP contribution is 2.32. The molecule has 0 aliphatic carbocycles. The minimum absolute atomic E-state index is 0.0834. The van der Waals surface area contributed by atoms with Crippen LogP contribution in [0.2, 0.25) is 5.02 Å². The molecule has 1 nitrogen and oxygen atoms in total. The van der Waals surface area contributed by atoms with Crippen molar-refractivity contribution in [3.63, 3.8) is 0 Å². The molecule has 0 saturated heterocycles. The van der Waals surface area contributed by atoms with Gasteiger partial charge in [-0.25, -0.2) is 4.39 Å². The largest absolute Gasteiger partial charge is 0.507 e. The van der Waals surface area contributed by atoms with Gasteiger partial charge in [0.25, 0.3) is 0 Å². The SMILES string of the molecule is Cc1ccc(-c2ccc(F)cc2O)cc1Cl.